The maximum atomic E-state index is 5.49. The number of aromatic nitrogens is 7. The van der Waals surface area contributed by atoms with Crippen LogP contribution in [-0.2, 0) is 0 Å². The molecule has 0 aliphatic rings. The van der Waals surface area contributed by atoms with Crippen LogP contribution in [0.2, 0.25) is 0 Å². The molecule has 0 saturated heterocycles. The maximum absolute atomic E-state index is 5.49. The van der Waals surface area contributed by atoms with Crippen LogP contribution in [0.1, 0.15) is 0 Å². The van der Waals surface area contributed by atoms with Crippen molar-refractivity contribution in [3.8, 4) is 28.7 Å². The Hall–Kier alpha value is -7.51. The van der Waals surface area contributed by atoms with Crippen molar-refractivity contribution in [3.05, 3.63) is 176 Å². The molecule has 0 radical (unpaired) electrons. The Kier molecular flexibility index (Phi) is 5.93. The zero-order valence-corrected chi connectivity index (χ0v) is 28.9. The van der Waals surface area contributed by atoms with E-state index >= 15 is 0 Å². The van der Waals surface area contributed by atoms with Gasteiger partial charge in [0.1, 0.15) is 5.82 Å². The fourth-order valence-corrected chi connectivity index (χ4v) is 8.56. The van der Waals surface area contributed by atoms with Gasteiger partial charge in [-0.2, -0.15) is 4.98 Å². The normalized spacial score (nSPS) is 12.1. The average Bonchev–Trinajstić information content (AvgIpc) is 3.96. The molecule has 252 valence electrons. The summed E-state index contributed by atoms with van der Waals surface area (Å²) in [5.74, 6) is 2.08. The summed E-state index contributed by atoms with van der Waals surface area (Å²) < 4.78 is 8.96. The third-order valence-corrected chi connectivity index (χ3v) is 10.8. The van der Waals surface area contributed by atoms with Crippen molar-refractivity contribution in [3.63, 3.8) is 0 Å². The van der Waals surface area contributed by atoms with Crippen LogP contribution in [0.15, 0.2) is 176 Å². The van der Waals surface area contributed by atoms with Gasteiger partial charge in [0, 0.05) is 33.2 Å². The Morgan fingerprint density at radius 3 is 1.46 bits per heavy atom. The molecule has 0 unspecified atom stereocenters. The van der Waals surface area contributed by atoms with E-state index in [0.717, 1.165) is 72.7 Å². The van der Waals surface area contributed by atoms with E-state index in [2.05, 4.69) is 188 Å². The summed E-state index contributed by atoms with van der Waals surface area (Å²) in [5.41, 5.74) is 11.3. The molecule has 7 heteroatoms. The molecule has 7 aromatic carbocycles. The summed E-state index contributed by atoms with van der Waals surface area (Å²) in [6.07, 6.45) is 0. The minimum Gasteiger partial charge on any atom is -0.309 e. The first-order valence-electron chi connectivity index (χ1n) is 18.1. The van der Waals surface area contributed by atoms with Crippen LogP contribution >= 0.6 is 0 Å². The lowest BCUT2D eigenvalue weighted by Gasteiger charge is -2.16. The fraction of sp³-hybridized carbons (Fsp3) is 0. The van der Waals surface area contributed by atoms with E-state index in [-0.39, 0.29) is 0 Å². The van der Waals surface area contributed by atoms with Crippen molar-refractivity contribution in [1.82, 2.24) is 33.1 Å². The molecule has 5 heterocycles. The molecular formula is C47H29N7. The second kappa shape index (κ2) is 11.0. The first-order valence-corrected chi connectivity index (χ1v) is 18.1. The zero-order chi connectivity index (χ0) is 35.3. The van der Waals surface area contributed by atoms with E-state index in [0.29, 0.717) is 5.95 Å². The number of benzene rings is 7. The summed E-state index contributed by atoms with van der Waals surface area (Å²) in [4.78, 5) is 16.1. The Morgan fingerprint density at radius 2 is 0.833 bits per heavy atom. The van der Waals surface area contributed by atoms with Gasteiger partial charge in [-0.15, -0.1) is 0 Å². The van der Waals surface area contributed by atoms with Gasteiger partial charge in [0.15, 0.2) is 0 Å². The van der Waals surface area contributed by atoms with Crippen LogP contribution in [0.5, 0.6) is 0 Å². The van der Waals surface area contributed by atoms with Gasteiger partial charge in [0.2, 0.25) is 11.7 Å². The Morgan fingerprint density at radius 1 is 0.352 bits per heavy atom. The van der Waals surface area contributed by atoms with E-state index in [1.807, 2.05) is 6.07 Å². The van der Waals surface area contributed by atoms with Crippen molar-refractivity contribution in [2.45, 2.75) is 0 Å². The number of rotatable bonds is 4. The van der Waals surface area contributed by atoms with Crippen LogP contribution in [0, 0.1) is 0 Å². The van der Waals surface area contributed by atoms with Gasteiger partial charge < -0.3 is 4.57 Å². The Balaban J connectivity index is 1.22. The van der Waals surface area contributed by atoms with Gasteiger partial charge >= 0.3 is 0 Å². The maximum Gasteiger partial charge on any atom is 0.239 e. The van der Waals surface area contributed by atoms with Crippen molar-refractivity contribution in [2.75, 3.05) is 0 Å². The molecule has 5 aromatic heterocycles. The number of nitrogens with zero attached hydrogens (tertiary/aromatic N) is 7. The molecule has 12 rings (SSSR count). The highest BCUT2D eigenvalue weighted by Crippen LogP contribution is 2.38. The van der Waals surface area contributed by atoms with Crippen molar-refractivity contribution in [1.29, 1.82) is 0 Å². The fourth-order valence-electron chi connectivity index (χ4n) is 8.56. The Bertz CT molecular complexity index is 3360. The third-order valence-electron chi connectivity index (χ3n) is 10.8. The summed E-state index contributed by atoms with van der Waals surface area (Å²) in [5, 5.41) is 4.78. The van der Waals surface area contributed by atoms with Crippen LogP contribution in [0.4, 0.5) is 0 Å². The van der Waals surface area contributed by atoms with Gasteiger partial charge in [0.25, 0.3) is 0 Å². The summed E-state index contributed by atoms with van der Waals surface area (Å²) in [7, 11) is 0. The number of fused-ring (bicyclic) bond motifs is 11. The molecule has 7 nitrogen and oxygen atoms in total. The average molecular weight is 692 g/mol. The molecule has 0 spiro atoms. The van der Waals surface area contributed by atoms with Crippen molar-refractivity contribution >= 4 is 71.5 Å². The molecule has 0 fully saturated rings. The number of hydrogen-bond acceptors (Lipinski definition) is 3. The smallest absolute Gasteiger partial charge is 0.239 e. The number of hydrogen-bond donors (Lipinski definition) is 0. The zero-order valence-electron chi connectivity index (χ0n) is 28.9. The monoisotopic (exact) mass is 691 g/mol. The molecule has 0 atom stereocenters. The largest absolute Gasteiger partial charge is 0.309 e. The minimum atomic E-state index is 0.544. The lowest BCUT2D eigenvalue weighted by molar-refractivity contribution is 0.936. The van der Waals surface area contributed by atoms with Crippen LogP contribution < -0.4 is 0 Å². The van der Waals surface area contributed by atoms with E-state index < -0.39 is 0 Å². The number of para-hydroxylation sites is 9. The molecule has 0 amide bonds. The van der Waals surface area contributed by atoms with Crippen LogP contribution in [0.3, 0.4) is 0 Å². The van der Waals surface area contributed by atoms with Crippen molar-refractivity contribution in [2.24, 2.45) is 0 Å². The predicted molar refractivity (Wildman–Crippen MR) is 219 cm³/mol. The third kappa shape index (κ3) is 3.98. The lowest BCUT2D eigenvalue weighted by atomic mass is 10.1. The topological polar surface area (TPSA) is 57.9 Å². The lowest BCUT2D eigenvalue weighted by Crippen LogP contribution is -2.08. The summed E-state index contributed by atoms with van der Waals surface area (Å²) in [6, 6.07) is 61.8. The van der Waals surface area contributed by atoms with Crippen LogP contribution in [-0.4, -0.2) is 33.1 Å². The van der Waals surface area contributed by atoms with Gasteiger partial charge in [-0.3, -0.25) is 8.97 Å². The van der Waals surface area contributed by atoms with Crippen molar-refractivity contribution < 1.29 is 0 Å². The summed E-state index contributed by atoms with van der Waals surface area (Å²) in [6.45, 7) is 0. The van der Waals surface area contributed by atoms with E-state index in [1.54, 1.807) is 0 Å². The quantitative estimate of drug-likeness (QED) is 0.185. The number of imidazole rings is 2. The molecule has 0 N–H and O–H groups in total. The molecule has 0 bridgehead atoms. The molecule has 0 saturated carbocycles. The molecule has 0 aliphatic carbocycles. The molecule has 54 heavy (non-hydrogen) atoms. The SMILES string of the molecule is c1ccc(-n2c3ccccc3c3ccccc32)c(-c2cc(-n3c4ccccc4c4ccccc43)nc(-n3c4ccccc4n4c5ccccc5nc34)n2)c1. The van der Waals surface area contributed by atoms with Gasteiger partial charge in [-0.25, -0.2) is 14.5 Å². The standard InChI is InChI=1S/C47H29N7/c1-7-21-37-30(15-1)31-16-2-8-22-38(31)51(37)41-25-11-5-19-34(41)36-29-45(52-39-23-9-3-17-32(39)33-18-4-10-24-40(33)52)50-46(48-36)54-44-28-14-13-27-43(44)53-42-26-12-6-20-35(42)49-47(53)54/h1-29H. The van der Waals surface area contributed by atoms with E-state index in [4.69, 9.17) is 15.0 Å². The van der Waals surface area contributed by atoms with Gasteiger partial charge in [-0.05, 0) is 54.6 Å². The first-order chi connectivity index (χ1) is 26.8. The van der Waals surface area contributed by atoms with Gasteiger partial charge in [0.05, 0.1) is 55.5 Å². The summed E-state index contributed by atoms with van der Waals surface area (Å²) >= 11 is 0. The van der Waals surface area contributed by atoms with Crippen LogP contribution in [0.25, 0.3) is 100 Å². The predicted octanol–water partition coefficient (Wildman–Crippen LogP) is 11.1. The van der Waals surface area contributed by atoms with E-state index in [1.165, 1.54) is 21.5 Å². The molecule has 12 aromatic rings. The van der Waals surface area contributed by atoms with E-state index in [9.17, 15) is 0 Å². The molecule has 0 aliphatic heterocycles. The highest BCUT2D eigenvalue weighted by molar-refractivity contribution is 6.10. The Labute approximate surface area is 308 Å². The first kappa shape index (κ1) is 29.1. The second-order valence-corrected chi connectivity index (χ2v) is 13.7. The highest BCUT2D eigenvalue weighted by atomic mass is 15.3. The molecular weight excluding hydrogens is 663 g/mol. The van der Waals surface area contributed by atoms with Gasteiger partial charge in [-0.1, -0.05) is 115 Å². The minimum absolute atomic E-state index is 0.544. The second-order valence-electron chi connectivity index (χ2n) is 13.7. The highest BCUT2D eigenvalue weighted by Gasteiger charge is 2.23.